The third-order valence-corrected chi connectivity index (χ3v) is 5.87. The SMILES string of the molecule is CSc1nc2c(c(=O)n1C)N(C(C)=O)[C@@H]1[C@@H](OC(C)=O)[C@@H](OC(C)=O)CO[C@@H]1N2C(C)=O. The Morgan fingerprint density at radius 2 is 1.62 bits per heavy atom. The van der Waals surface area contributed by atoms with Crippen molar-refractivity contribution in [3.8, 4) is 0 Å². The third-order valence-electron chi connectivity index (χ3n) is 5.14. The van der Waals surface area contributed by atoms with Crippen molar-refractivity contribution in [3.63, 3.8) is 0 Å². The fraction of sp³-hybridized carbons (Fsp3) is 0.579. The second kappa shape index (κ2) is 8.90. The molecule has 2 amide bonds. The van der Waals surface area contributed by atoms with Crippen LogP contribution in [0.4, 0.5) is 11.5 Å². The van der Waals surface area contributed by atoms with Gasteiger partial charge in [-0.2, -0.15) is 0 Å². The van der Waals surface area contributed by atoms with Crippen molar-refractivity contribution in [2.45, 2.75) is 57.3 Å². The summed E-state index contributed by atoms with van der Waals surface area (Å²) in [6.45, 7) is 4.64. The molecule has 0 aliphatic carbocycles. The maximum absolute atomic E-state index is 13.3. The second-order valence-corrected chi connectivity index (χ2v) is 8.12. The number of anilines is 2. The van der Waals surface area contributed by atoms with Crippen molar-refractivity contribution in [1.82, 2.24) is 9.55 Å². The number of carbonyl (C=O) groups excluding carboxylic acids is 4. The minimum atomic E-state index is -1.20. The maximum Gasteiger partial charge on any atom is 0.303 e. The summed E-state index contributed by atoms with van der Waals surface area (Å²) in [6, 6.07) is -1.15. The van der Waals surface area contributed by atoms with E-state index in [4.69, 9.17) is 14.2 Å². The average molecular weight is 468 g/mol. The zero-order chi connectivity index (χ0) is 23.9. The van der Waals surface area contributed by atoms with Gasteiger partial charge in [0, 0.05) is 34.7 Å². The van der Waals surface area contributed by atoms with E-state index in [1.54, 1.807) is 6.26 Å². The lowest BCUT2D eigenvalue weighted by atomic mass is 9.95. The molecule has 0 aromatic carbocycles. The van der Waals surface area contributed by atoms with Gasteiger partial charge in [-0.15, -0.1) is 0 Å². The summed E-state index contributed by atoms with van der Waals surface area (Å²) < 4.78 is 17.8. The van der Waals surface area contributed by atoms with Crippen molar-refractivity contribution >= 4 is 47.0 Å². The zero-order valence-corrected chi connectivity index (χ0v) is 19.3. The van der Waals surface area contributed by atoms with Gasteiger partial charge >= 0.3 is 11.9 Å². The van der Waals surface area contributed by atoms with Gasteiger partial charge in [0.25, 0.3) is 5.56 Å². The molecule has 32 heavy (non-hydrogen) atoms. The van der Waals surface area contributed by atoms with Crippen molar-refractivity contribution < 1.29 is 33.4 Å². The standard InChI is InChI=1S/C19H24N4O8S/c1-8(24)22-13-15(31-11(4)27)12(30-10(3)26)7-29-18(13)23(9(2)25)16-14(22)17(28)21(5)19(20-16)32-6/h12-13,15,18H,7H2,1-6H3/t12-,13+,15-,18-/m0/s1. The Balaban J connectivity index is 2.30. The fourth-order valence-corrected chi connectivity index (χ4v) is 4.54. The molecule has 12 nitrogen and oxygen atoms in total. The molecule has 0 N–H and O–H groups in total. The molecule has 2 aliphatic heterocycles. The van der Waals surface area contributed by atoms with E-state index < -0.39 is 53.8 Å². The van der Waals surface area contributed by atoms with Crippen LogP contribution in [0.25, 0.3) is 0 Å². The van der Waals surface area contributed by atoms with Gasteiger partial charge in [0.05, 0.1) is 6.61 Å². The quantitative estimate of drug-likeness (QED) is 0.333. The minimum absolute atomic E-state index is 0.0334. The van der Waals surface area contributed by atoms with Gasteiger partial charge in [-0.05, 0) is 6.26 Å². The van der Waals surface area contributed by atoms with E-state index in [-0.39, 0.29) is 18.1 Å². The van der Waals surface area contributed by atoms with Crippen LogP contribution < -0.4 is 15.4 Å². The highest BCUT2D eigenvalue weighted by molar-refractivity contribution is 7.98. The Morgan fingerprint density at radius 1 is 1.03 bits per heavy atom. The van der Waals surface area contributed by atoms with Crippen LogP contribution in [0.5, 0.6) is 0 Å². The smallest absolute Gasteiger partial charge is 0.303 e. The lowest BCUT2D eigenvalue weighted by Crippen LogP contribution is -2.71. The molecule has 0 bridgehead atoms. The highest BCUT2D eigenvalue weighted by Crippen LogP contribution is 2.40. The number of thioether (sulfide) groups is 1. The van der Waals surface area contributed by atoms with Crippen LogP contribution in [-0.2, 0) is 40.4 Å². The molecule has 4 atom stereocenters. The first-order valence-corrected chi connectivity index (χ1v) is 10.9. The Labute approximate surface area is 187 Å². The van der Waals surface area contributed by atoms with E-state index >= 15 is 0 Å². The molecule has 3 rings (SSSR count). The molecule has 13 heteroatoms. The van der Waals surface area contributed by atoms with E-state index in [0.717, 1.165) is 11.8 Å². The van der Waals surface area contributed by atoms with Crippen LogP contribution in [0.3, 0.4) is 0 Å². The Hall–Kier alpha value is -2.93. The van der Waals surface area contributed by atoms with Gasteiger partial charge in [-0.1, -0.05) is 11.8 Å². The molecular weight excluding hydrogens is 444 g/mol. The fourth-order valence-electron chi connectivity index (χ4n) is 4.01. The summed E-state index contributed by atoms with van der Waals surface area (Å²) in [4.78, 5) is 69.0. The largest absolute Gasteiger partial charge is 0.456 e. The second-order valence-electron chi connectivity index (χ2n) is 7.35. The van der Waals surface area contributed by atoms with Crippen LogP contribution in [0.15, 0.2) is 9.95 Å². The molecule has 1 saturated heterocycles. The van der Waals surface area contributed by atoms with Gasteiger partial charge in [-0.25, -0.2) is 4.98 Å². The van der Waals surface area contributed by atoms with Crippen molar-refractivity contribution in [2.75, 3.05) is 22.7 Å². The molecule has 3 heterocycles. The van der Waals surface area contributed by atoms with Crippen LogP contribution in [0.1, 0.15) is 27.7 Å². The lowest BCUT2D eigenvalue weighted by molar-refractivity contribution is -0.193. The predicted molar refractivity (Wildman–Crippen MR) is 112 cm³/mol. The van der Waals surface area contributed by atoms with Gasteiger partial charge in [-0.3, -0.25) is 38.3 Å². The summed E-state index contributed by atoms with van der Waals surface area (Å²) in [6.07, 6.45) is -1.66. The van der Waals surface area contributed by atoms with Crippen molar-refractivity contribution in [1.29, 1.82) is 0 Å². The summed E-state index contributed by atoms with van der Waals surface area (Å²) in [5.74, 6) is -2.44. The first-order chi connectivity index (χ1) is 15.0. The highest BCUT2D eigenvalue weighted by atomic mass is 32.2. The number of hydrogen-bond acceptors (Lipinski definition) is 10. The lowest BCUT2D eigenvalue weighted by Gasteiger charge is -2.51. The summed E-state index contributed by atoms with van der Waals surface area (Å²) in [7, 11) is 1.49. The van der Waals surface area contributed by atoms with Gasteiger partial charge in [0.1, 0.15) is 6.04 Å². The molecule has 0 spiro atoms. The normalized spacial score (nSPS) is 24.3. The summed E-state index contributed by atoms with van der Waals surface area (Å²) >= 11 is 1.19. The maximum atomic E-state index is 13.3. The highest BCUT2D eigenvalue weighted by Gasteiger charge is 2.56. The van der Waals surface area contributed by atoms with Crippen LogP contribution >= 0.6 is 11.8 Å². The number of aromatic nitrogens is 2. The number of esters is 2. The van der Waals surface area contributed by atoms with Crippen molar-refractivity contribution in [3.05, 3.63) is 10.4 Å². The average Bonchev–Trinajstić information content (AvgIpc) is 2.69. The van der Waals surface area contributed by atoms with Crippen LogP contribution in [0.2, 0.25) is 0 Å². The molecule has 0 saturated carbocycles. The molecule has 174 valence electrons. The van der Waals surface area contributed by atoms with Crippen LogP contribution in [0, 0.1) is 0 Å². The Morgan fingerprint density at radius 3 is 2.12 bits per heavy atom. The first kappa shape index (κ1) is 23.7. The number of fused-ring (bicyclic) bond motifs is 2. The van der Waals surface area contributed by atoms with E-state index in [0.29, 0.717) is 5.16 Å². The number of carbonyl (C=O) groups is 4. The zero-order valence-electron chi connectivity index (χ0n) is 18.5. The first-order valence-electron chi connectivity index (χ1n) is 9.70. The minimum Gasteiger partial charge on any atom is -0.456 e. The monoisotopic (exact) mass is 468 g/mol. The number of amides is 2. The van der Waals surface area contributed by atoms with E-state index in [9.17, 15) is 24.0 Å². The summed E-state index contributed by atoms with van der Waals surface area (Å²) in [5.41, 5.74) is -0.728. The molecule has 1 aromatic rings. The van der Waals surface area contributed by atoms with Crippen LogP contribution in [-0.4, -0.2) is 70.6 Å². The van der Waals surface area contributed by atoms with Gasteiger partial charge in [0.2, 0.25) is 11.8 Å². The van der Waals surface area contributed by atoms with E-state index in [1.807, 2.05) is 0 Å². The number of ether oxygens (including phenoxy) is 3. The van der Waals surface area contributed by atoms with E-state index in [1.165, 1.54) is 49.0 Å². The predicted octanol–water partition coefficient (Wildman–Crippen LogP) is -0.190. The Kier molecular flexibility index (Phi) is 6.60. The van der Waals surface area contributed by atoms with E-state index in [2.05, 4.69) is 4.98 Å². The molecule has 1 fully saturated rings. The number of nitrogens with zero attached hydrogens (tertiary/aromatic N) is 4. The summed E-state index contributed by atoms with van der Waals surface area (Å²) in [5, 5.41) is 0.326. The molecule has 1 aromatic heterocycles. The molecule has 0 radical (unpaired) electrons. The third kappa shape index (κ3) is 3.97. The molecule has 0 unspecified atom stereocenters. The number of rotatable bonds is 3. The topological polar surface area (TPSA) is 137 Å². The molecule has 2 aliphatic rings. The molecular formula is C19H24N4O8S. The number of hydrogen-bond donors (Lipinski definition) is 0. The Bertz CT molecular complexity index is 1040. The van der Waals surface area contributed by atoms with Crippen molar-refractivity contribution in [2.24, 2.45) is 7.05 Å². The van der Waals surface area contributed by atoms with Gasteiger partial charge < -0.3 is 14.2 Å². The van der Waals surface area contributed by atoms with Gasteiger partial charge in [0.15, 0.2) is 35.1 Å².